The fraction of sp³-hybridized carbons (Fsp3) is 0.462. The number of morpholine rings is 1. The van der Waals surface area contributed by atoms with Gasteiger partial charge in [0.05, 0.1) is 18.8 Å². The second-order valence-electron chi connectivity index (χ2n) is 4.48. The quantitative estimate of drug-likeness (QED) is 0.865. The van der Waals surface area contributed by atoms with Crippen molar-refractivity contribution in [3.05, 3.63) is 28.2 Å². The van der Waals surface area contributed by atoms with E-state index < -0.39 is 0 Å². The zero-order valence-electron chi connectivity index (χ0n) is 10.2. The van der Waals surface area contributed by atoms with Crippen molar-refractivity contribution in [3.8, 4) is 0 Å². The molecule has 1 aromatic rings. The molecule has 0 saturated carbocycles. The number of ether oxygens (including phenoxy) is 1. The molecule has 98 valence electrons. The van der Waals surface area contributed by atoms with Gasteiger partial charge in [-0.25, -0.2) is 0 Å². The van der Waals surface area contributed by atoms with E-state index in [1.807, 2.05) is 19.1 Å². The molecule has 1 heterocycles. The third-order valence-corrected chi connectivity index (χ3v) is 3.48. The second-order valence-corrected chi connectivity index (χ2v) is 5.39. The number of hydrogen-bond donors (Lipinski definition) is 1. The van der Waals surface area contributed by atoms with Gasteiger partial charge in [0.2, 0.25) is 0 Å². The maximum atomic E-state index is 11.1. The molecular weight excluding hydrogens is 298 g/mol. The van der Waals surface area contributed by atoms with Crippen molar-refractivity contribution >= 4 is 27.9 Å². The van der Waals surface area contributed by atoms with Crippen molar-refractivity contribution in [2.75, 3.05) is 24.6 Å². The van der Waals surface area contributed by atoms with E-state index in [1.54, 1.807) is 6.07 Å². The molecule has 5 heteroatoms. The van der Waals surface area contributed by atoms with Crippen molar-refractivity contribution in [1.82, 2.24) is 0 Å². The third-order valence-electron chi connectivity index (χ3n) is 2.99. The number of benzene rings is 1. The van der Waals surface area contributed by atoms with Crippen LogP contribution >= 0.6 is 15.9 Å². The summed E-state index contributed by atoms with van der Waals surface area (Å²) in [5.41, 5.74) is 1.54. The molecule has 0 amide bonds. The van der Waals surface area contributed by atoms with Crippen LogP contribution in [0.15, 0.2) is 22.7 Å². The Bertz CT molecular complexity index is 438. The lowest BCUT2D eigenvalue weighted by Gasteiger charge is -2.38. The number of nitrogens with zero attached hydrogens (tertiary/aromatic N) is 1. The van der Waals surface area contributed by atoms with Gasteiger partial charge in [-0.3, -0.25) is 4.79 Å². The highest BCUT2D eigenvalue weighted by atomic mass is 79.9. The Hall–Kier alpha value is -0.910. The summed E-state index contributed by atoms with van der Waals surface area (Å²) in [6.07, 6.45) is 0.692. The second kappa shape index (κ2) is 5.82. The molecule has 0 radical (unpaired) electrons. The van der Waals surface area contributed by atoms with Crippen molar-refractivity contribution in [2.45, 2.75) is 19.1 Å². The summed E-state index contributed by atoms with van der Waals surface area (Å²) in [5.74, 6) is 0. The van der Waals surface area contributed by atoms with Gasteiger partial charge in [-0.15, -0.1) is 0 Å². The van der Waals surface area contributed by atoms with Crippen LogP contribution in [0.3, 0.4) is 0 Å². The minimum atomic E-state index is -0.202. The molecule has 1 N–H and O–H groups in total. The number of aldehydes is 1. The minimum absolute atomic E-state index is 0.00866. The average Bonchev–Trinajstić information content (AvgIpc) is 2.38. The molecule has 1 aliphatic heterocycles. The summed E-state index contributed by atoms with van der Waals surface area (Å²) in [4.78, 5) is 13.2. The third kappa shape index (κ3) is 2.91. The predicted octanol–water partition coefficient (Wildman–Crippen LogP) is 1.85. The summed E-state index contributed by atoms with van der Waals surface area (Å²) in [5, 5.41) is 9.22. The molecule has 2 atom stereocenters. The Kier molecular flexibility index (Phi) is 4.37. The van der Waals surface area contributed by atoms with E-state index in [1.165, 1.54) is 0 Å². The van der Waals surface area contributed by atoms with E-state index in [-0.39, 0.29) is 18.8 Å². The Morgan fingerprint density at radius 1 is 1.56 bits per heavy atom. The van der Waals surface area contributed by atoms with Gasteiger partial charge < -0.3 is 14.7 Å². The van der Waals surface area contributed by atoms with E-state index in [9.17, 15) is 9.90 Å². The lowest BCUT2D eigenvalue weighted by atomic mass is 10.1. The van der Waals surface area contributed by atoms with Gasteiger partial charge in [0.25, 0.3) is 0 Å². The van der Waals surface area contributed by atoms with Gasteiger partial charge in [-0.2, -0.15) is 0 Å². The zero-order valence-corrected chi connectivity index (χ0v) is 11.8. The fourth-order valence-corrected chi connectivity index (χ4v) is 2.58. The van der Waals surface area contributed by atoms with Gasteiger partial charge in [0.15, 0.2) is 6.29 Å². The molecule has 2 rings (SSSR count). The molecule has 18 heavy (non-hydrogen) atoms. The van der Waals surface area contributed by atoms with Gasteiger partial charge in [-0.1, -0.05) is 15.9 Å². The highest BCUT2D eigenvalue weighted by Gasteiger charge is 2.26. The first-order chi connectivity index (χ1) is 8.63. The van der Waals surface area contributed by atoms with Crippen LogP contribution in [-0.4, -0.2) is 43.3 Å². The van der Waals surface area contributed by atoms with Crippen molar-refractivity contribution in [2.24, 2.45) is 0 Å². The van der Waals surface area contributed by atoms with Crippen LogP contribution in [0.2, 0.25) is 0 Å². The number of aliphatic hydroxyl groups excluding tert-OH is 1. The lowest BCUT2D eigenvalue weighted by Crippen LogP contribution is -2.48. The first-order valence-corrected chi connectivity index (χ1v) is 6.69. The lowest BCUT2D eigenvalue weighted by molar-refractivity contribution is -0.0421. The normalized spacial score (nSPS) is 24.1. The van der Waals surface area contributed by atoms with Crippen LogP contribution in [0.1, 0.15) is 17.3 Å². The number of halogens is 1. The van der Waals surface area contributed by atoms with Crippen LogP contribution in [-0.2, 0) is 4.74 Å². The largest absolute Gasteiger partial charge is 0.394 e. The fourth-order valence-electron chi connectivity index (χ4n) is 2.23. The van der Waals surface area contributed by atoms with Gasteiger partial charge >= 0.3 is 0 Å². The summed E-state index contributed by atoms with van der Waals surface area (Å²) < 4.78 is 6.53. The summed E-state index contributed by atoms with van der Waals surface area (Å²) in [6.45, 7) is 3.27. The Balaban J connectivity index is 2.29. The monoisotopic (exact) mass is 313 g/mol. The van der Waals surface area contributed by atoms with E-state index in [2.05, 4.69) is 20.8 Å². The summed E-state index contributed by atoms with van der Waals surface area (Å²) in [6, 6.07) is 5.57. The maximum absolute atomic E-state index is 11.1. The number of anilines is 1. The highest BCUT2D eigenvalue weighted by Crippen LogP contribution is 2.27. The molecule has 1 saturated heterocycles. The SMILES string of the molecule is CC1CN(c2cc(Br)ccc2C=O)CC(CO)O1. The Morgan fingerprint density at radius 2 is 2.33 bits per heavy atom. The summed E-state index contributed by atoms with van der Waals surface area (Å²) >= 11 is 3.42. The van der Waals surface area contributed by atoms with E-state index >= 15 is 0 Å². The van der Waals surface area contributed by atoms with Crippen molar-refractivity contribution in [1.29, 1.82) is 0 Å². The van der Waals surface area contributed by atoms with Gasteiger partial charge in [-0.05, 0) is 25.1 Å². The number of hydrogen-bond acceptors (Lipinski definition) is 4. The predicted molar refractivity (Wildman–Crippen MR) is 73.2 cm³/mol. The summed E-state index contributed by atoms with van der Waals surface area (Å²) in [7, 11) is 0. The van der Waals surface area contributed by atoms with Gasteiger partial charge in [0.1, 0.15) is 0 Å². The van der Waals surface area contributed by atoms with Crippen LogP contribution in [0.4, 0.5) is 5.69 Å². The Morgan fingerprint density at radius 3 is 3.00 bits per heavy atom. The van der Waals surface area contributed by atoms with Crippen LogP contribution in [0.25, 0.3) is 0 Å². The van der Waals surface area contributed by atoms with Crippen molar-refractivity contribution < 1.29 is 14.6 Å². The molecule has 0 aromatic heterocycles. The molecule has 0 spiro atoms. The molecule has 1 aromatic carbocycles. The van der Waals surface area contributed by atoms with Crippen LogP contribution < -0.4 is 4.90 Å². The molecule has 0 aliphatic carbocycles. The molecule has 4 nitrogen and oxygen atoms in total. The molecule has 1 fully saturated rings. The number of aliphatic hydroxyl groups is 1. The number of carbonyl (C=O) groups excluding carboxylic acids is 1. The van der Waals surface area contributed by atoms with E-state index in [0.717, 1.165) is 16.4 Å². The molecule has 2 unspecified atom stereocenters. The van der Waals surface area contributed by atoms with Gasteiger partial charge in [0, 0.05) is 28.8 Å². The average molecular weight is 314 g/mol. The first-order valence-electron chi connectivity index (χ1n) is 5.90. The molecule has 1 aliphatic rings. The first kappa shape index (κ1) is 13.5. The number of carbonyl (C=O) groups is 1. The number of rotatable bonds is 3. The molecule has 0 bridgehead atoms. The highest BCUT2D eigenvalue weighted by molar-refractivity contribution is 9.10. The van der Waals surface area contributed by atoms with E-state index in [0.29, 0.717) is 18.7 Å². The van der Waals surface area contributed by atoms with Crippen LogP contribution in [0, 0.1) is 0 Å². The van der Waals surface area contributed by atoms with Crippen LogP contribution in [0.5, 0.6) is 0 Å². The minimum Gasteiger partial charge on any atom is -0.394 e. The maximum Gasteiger partial charge on any atom is 0.152 e. The standard InChI is InChI=1S/C13H16BrNO3/c1-9-5-15(6-12(8-17)18-9)13-4-11(14)3-2-10(13)7-16/h2-4,7,9,12,17H,5-6,8H2,1H3. The topological polar surface area (TPSA) is 49.8 Å². The zero-order chi connectivity index (χ0) is 13.1. The Labute approximate surface area is 115 Å². The smallest absolute Gasteiger partial charge is 0.152 e. The molecular formula is C13H16BrNO3. The van der Waals surface area contributed by atoms with Crippen molar-refractivity contribution in [3.63, 3.8) is 0 Å². The van der Waals surface area contributed by atoms with E-state index in [4.69, 9.17) is 4.74 Å².